The van der Waals surface area contributed by atoms with E-state index in [0.29, 0.717) is 16.9 Å². The maximum atomic E-state index is 11.5. The Bertz CT molecular complexity index is 311. The Labute approximate surface area is 91.8 Å². The summed E-state index contributed by atoms with van der Waals surface area (Å²) in [5, 5.41) is 6.75. The third-order valence-electron chi connectivity index (χ3n) is 1.89. The fourth-order valence-electron chi connectivity index (χ4n) is 0.988. The van der Waals surface area contributed by atoms with Crippen molar-refractivity contribution in [3.05, 3.63) is 18.0 Å². The van der Waals surface area contributed by atoms with Crippen LogP contribution in [0.4, 0.5) is 0 Å². The van der Waals surface area contributed by atoms with Crippen LogP contribution in [0.3, 0.4) is 0 Å². The maximum Gasteiger partial charge on any atom is 0.254 e. The minimum absolute atomic E-state index is 0.0731. The normalized spacial score (nSPS) is 12.5. The molecule has 0 radical (unpaired) electrons. The molecule has 0 spiro atoms. The molecule has 78 valence electrons. The fraction of sp³-hybridized carbons (Fsp3) is 0.556. The molecule has 1 unspecified atom stereocenters. The summed E-state index contributed by atoms with van der Waals surface area (Å²) >= 11 is 3.45. The van der Waals surface area contributed by atoms with Gasteiger partial charge in [-0.15, -0.1) is 0 Å². The summed E-state index contributed by atoms with van der Waals surface area (Å²) in [5.74, 6) is -0.0731. The van der Waals surface area contributed by atoms with Gasteiger partial charge in [0.1, 0.15) is 0 Å². The average Bonchev–Trinajstić information content (AvgIpc) is 2.60. The molecule has 4 nitrogen and oxygen atoms in total. The van der Waals surface area contributed by atoms with Gasteiger partial charge in [0.15, 0.2) is 0 Å². The van der Waals surface area contributed by atoms with Crippen LogP contribution in [0.1, 0.15) is 23.7 Å². The molecule has 1 heterocycles. The highest BCUT2D eigenvalue weighted by Crippen LogP contribution is 2.03. The molecular formula is C9H14BrN3O. The third kappa shape index (κ3) is 3.14. The molecule has 1 N–H and O–H groups in total. The van der Waals surface area contributed by atoms with Gasteiger partial charge in [-0.05, 0) is 6.42 Å². The predicted molar refractivity (Wildman–Crippen MR) is 58.5 cm³/mol. The zero-order valence-corrected chi connectivity index (χ0v) is 9.91. The van der Waals surface area contributed by atoms with Gasteiger partial charge in [0.25, 0.3) is 5.91 Å². The van der Waals surface area contributed by atoms with Crippen LogP contribution < -0.4 is 5.32 Å². The van der Waals surface area contributed by atoms with E-state index in [1.165, 1.54) is 0 Å². The largest absolute Gasteiger partial charge is 0.351 e. The third-order valence-corrected chi connectivity index (χ3v) is 2.87. The van der Waals surface area contributed by atoms with Crippen LogP contribution in [0, 0.1) is 0 Å². The van der Waals surface area contributed by atoms with Crippen molar-refractivity contribution in [2.75, 3.05) is 6.54 Å². The zero-order valence-electron chi connectivity index (χ0n) is 8.33. The van der Waals surface area contributed by atoms with E-state index in [0.717, 1.165) is 6.42 Å². The first kappa shape index (κ1) is 11.2. The number of carbonyl (C=O) groups excluding carboxylic acids is 1. The summed E-state index contributed by atoms with van der Waals surface area (Å²) in [6.07, 6.45) is 4.25. The first-order valence-corrected chi connectivity index (χ1v) is 5.46. The summed E-state index contributed by atoms with van der Waals surface area (Å²) in [7, 11) is 1.79. The van der Waals surface area contributed by atoms with E-state index in [1.807, 2.05) is 0 Å². The Morgan fingerprint density at radius 1 is 1.79 bits per heavy atom. The first-order valence-electron chi connectivity index (χ1n) is 4.54. The van der Waals surface area contributed by atoms with Crippen molar-refractivity contribution < 1.29 is 4.79 Å². The molecule has 0 saturated heterocycles. The number of carbonyl (C=O) groups is 1. The van der Waals surface area contributed by atoms with Crippen molar-refractivity contribution in [2.24, 2.45) is 7.05 Å². The second kappa shape index (κ2) is 5.14. The number of nitrogens with one attached hydrogen (secondary N) is 1. The lowest BCUT2D eigenvalue weighted by Crippen LogP contribution is -2.28. The van der Waals surface area contributed by atoms with Gasteiger partial charge >= 0.3 is 0 Å². The molecule has 14 heavy (non-hydrogen) atoms. The molecule has 1 atom stereocenters. The van der Waals surface area contributed by atoms with Crippen LogP contribution in [-0.2, 0) is 7.05 Å². The van der Waals surface area contributed by atoms with Crippen molar-refractivity contribution >= 4 is 21.8 Å². The molecule has 1 amide bonds. The average molecular weight is 260 g/mol. The van der Waals surface area contributed by atoms with E-state index in [4.69, 9.17) is 0 Å². The summed E-state index contributed by atoms with van der Waals surface area (Å²) < 4.78 is 1.61. The van der Waals surface area contributed by atoms with Crippen molar-refractivity contribution in [2.45, 2.75) is 18.2 Å². The number of hydrogen-bond acceptors (Lipinski definition) is 2. The number of aromatic nitrogens is 2. The number of rotatable bonds is 4. The molecule has 0 bridgehead atoms. The molecule has 5 heteroatoms. The predicted octanol–water partition coefficient (Wildman–Crippen LogP) is 1.32. The van der Waals surface area contributed by atoms with Crippen LogP contribution >= 0.6 is 15.9 Å². The molecule has 0 aliphatic heterocycles. The molecule has 0 aromatic carbocycles. The number of aryl methyl sites for hydroxylation is 1. The van der Waals surface area contributed by atoms with E-state index in [1.54, 1.807) is 24.1 Å². The van der Waals surface area contributed by atoms with Gasteiger partial charge in [-0.1, -0.05) is 22.9 Å². The lowest BCUT2D eigenvalue weighted by atomic mass is 10.3. The quantitative estimate of drug-likeness (QED) is 0.830. The topological polar surface area (TPSA) is 46.9 Å². The van der Waals surface area contributed by atoms with Gasteiger partial charge in [0.05, 0.1) is 11.8 Å². The van der Waals surface area contributed by atoms with E-state index < -0.39 is 0 Å². The molecule has 0 fully saturated rings. The maximum absolute atomic E-state index is 11.5. The lowest BCUT2D eigenvalue weighted by molar-refractivity contribution is 0.0954. The van der Waals surface area contributed by atoms with E-state index in [-0.39, 0.29) is 5.91 Å². The van der Waals surface area contributed by atoms with Crippen molar-refractivity contribution in [3.63, 3.8) is 0 Å². The highest BCUT2D eigenvalue weighted by Gasteiger charge is 2.08. The van der Waals surface area contributed by atoms with Gasteiger partial charge in [0.2, 0.25) is 0 Å². The smallest absolute Gasteiger partial charge is 0.254 e. The molecule has 0 aliphatic rings. The standard InChI is InChI=1S/C9H14BrN3O/c1-3-8(10)5-11-9(14)7-4-12-13(2)6-7/h4,6,8H,3,5H2,1-2H3,(H,11,14). The SMILES string of the molecule is CCC(Br)CNC(=O)c1cnn(C)c1. The lowest BCUT2D eigenvalue weighted by Gasteiger charge is -2.07. The van der Waals surface area contributed by atoms with E-state index >= 15 is 0 Å². The van der Waals surface area contributed by atoms with Gasteiger partial charge in [-0.25, -0.2) is 0 Å². The Hall–Kier alpha value is -0.840. The minimum Gasteiger partial charge on any atom is -0.351 e. The van der Waals surface area contributed by atoms with Crippen molar-refractivity contribution in [3.8, 4) is 0 Å². The van der Waals surface area contributed by atoms with Gasteiger partial charge < -0.3 is 5.32 Å². The van der Waals surface area contributed by atoms with Crippen LogP contribution in [-0.4, -0.2) is 27.1 Å². The number of nitrogens with zero attached hydrogens (tertiary/aromatic N) is 2. The highest BCUT2D eigenvalue weighted by atomic mass is 79.9. The summed E-state index contributed by atoms with van der Waals surface area (Å²) in [5.41, 5.74) is 0.600. The van der Waals surface area contributed by atoms with Crippen molar-refractivity contribution in [1.82, 2.24) is 15.1 Å². The monoisotopic (exact) mass is 259 g/mol. The van der Waals surface area contributed by atoms with E-state index in [9.17, 15) is 4.79 Å². The molecular weight excluding hydrogens is 246 g/mol. The van der Waals surface area contributed by atoms with Gasteiger partial charge in [-0.3, -0.25) is 9.48 Å². The Kier molecular flexibility index (Phi) is 4.13. The summed E-state index contributed by atoms with van der Waals surface area (Å²) in [6, 6.07) is 0. The molecule has 1 aromatic rings. The van der Waals surface area contributed by atoms with Gasteiger partial charge in [0, 0.05) is 24.6 Å². The summed E-state index contributed by atoms with van der Waals surface area (Å²) in [4.78, 5) is 11.8. The summed E-state index contributed by atoms with van der Waals surface area (Å²) in [6.45, 7) is 2.71. The number of halogens is 1. The Morgan fingerprint density at radius 2 is 2.50 bits per heavy atom. The van der Waals surface area contributed by atoms with Crippen molar-refractivity contribution in [1.29, 1.82) is 0 Å². The second-order valence-electron chi connectivity index (χ2n) is 3.12. The van der Waals surface area contributed by atoms with Gasteiger partial charge in [-0.2, -0.15) is 5.10 Å². The van der Waals surface area contributed by atoms with E-state index in [2.05, 4.69) is 33.3 Å². The van der Waals surface area contributed by atoms with Crippen LogP contribution in [0.15, 0.2) is 12.4 Å². The van der Waals surface area contributed by atoms with Crippen LogP contribution in [0.5, 0.6) is 0 Å². The molecule has 1 rings (SSSR count). The van der Waals surface area contributed by atoms with Crippen LogP contribution in [0.25, 0.3) is 0 Å². The minimum atomic E-state index is -0.0731. The number of amides is 1. The molecule has 0 aliphatic carbocycles. The number of hydrogen-bond donors (Lipinski definition) is 1. The molecule has 0 saturated carbocycles. The second-order valence-corrected chi connectivity index (χ2v) is 4.41. The first-order chi connectivity index (χ1) is 6.63. The Morgan fingerprint density at radius 3 is 3.00 bits per heavy atom. The fourth-order valence-corrected chi connectivity index (χ4v) is 1.15. The Balaban J connectivity index is 2.43. The highest BCUT2D eigenvalue weighted by molar-refractivity contribution is 9.09. The zero-order chi connectivity index (χ0) is 10.6. The molecule has 1 aromatic heterocycles. The van der Waals surface area contributed by atoms with Crippen LogP contribution in [0.2, 0.25) is 0 Å². The number of alkyl halides is 1.